The van der Waals surface area contributed by atoms with Gasteiger partial charge in [-0.3, -0.25) is 9.59 Å². The molecule has 1 aromatic carbocycles. The maximum Gasteiger partial charge on any atom is 0.227 e. The molecule has 1 fully saturated rings. The van der Waals surface area contributed by atoms with Gasteiger partial charge < -0.3 is 15.0 Å². The molecule has 0 spiro atoms. The smallest absolute Gasteiger partial charge is 0.227 e. The minimum absolute atomic E-state index is 0.0535. The Hall–Kier alpha value is -2.97. The van der Waals surface area contributed by atoms with E-state index in [4.69, 9.17) is 4.74 Å². The predicted molar refractivity (Wildman–Crippen MR) is 89.3 cm³/mol. The Labute approximate surface area is 144 Å². The van der Waals surface area contributed by atoms with Crippen LogP contribution in [0.3, 0.4) is 0 Å². The first kappa shape index (κ1) is 16.9. The summed E-state index contributed by atoms with van der Waals surface area (Å²) in [6.45, 7) is 2.78. The minimum Gasteiger partial charge on any atom is -0.497 e. The molecule has 0 unspecified atom stereocenters. The fraction of sp³-hybridized carbons (Fsp3) is 0.438. The van der Waals surface area contributed by atoms with Gasteiger partial charge in [0.25, 0.3) is 0 Å². The molecule has 0 aliphatic carbocycles. The van der Waals surface area contributed by atoms with Crippen molar-refractivity contribution in [3.05, 3.63) is 24.5 Å². The maximum atomic E-state index is 12.5. The van der Waals surface area contributed by atoms with E-state index in [2.05, 4.69) is 20.8 Å². The Balaban J connectivity index is 1.71. The van der Waals surface area contributed by atoms with Gasteiger partial charge in [-0.25, -0.2) is 4.68 Å². The first-order valence-corrected chi connectivity index (χ1v) is 8.05. The second kappa shape index (κ2) is 7.29. The molecule has 9 heteroatoms. The van der Waals surface area contributed by atoms with E-state index in [-0.39, 0.29) is 17.7 Å². The van der Waals surface area contributed by atoms with Crippen LogP contribution in [0.15, 0.2) is 24.5 Å². The Morgan fingerprint density at radius 3 is 2.60 bits per heavy atom. The number of amides is 2. The molecule has 9 nitrogen and oxygen atoms in total. The molecule has 132 valence electrons. The Bertz CT molecular complexity index is 753. The topological polar surface area (TPSA) is 102 Å². The summed E-state index contributed by atoms with van der Waals surface area (Å²) >= 11 is 0. The van der Waals surface area contributed by atoms with Gasteiger partial charge in [0.2, 0.25) is 11.8 Å². The summed E-state index contributed by atoms with van der Waals surface area (Å²) < 4.78 is 6.77. The lowest BCUT2D eigenvalue weighted by Gasteiger charge is -2.30. The van der Waals surface area contributed by atoms with E-state index in [0.717, 1.165) is 0 Å². The highest BCUT2D eigenvalue weighted by atomic mass is 16.5. The standard InChI is InChI=1S/C16H20N6O3/c1-11(23)21-5-3-12(4-6-21)16(24)18-13-7-14(9-15(8-13)25-2)22-10-17-19-20-22/h7-10,12H,3-6H2,1-2H3,(H,18,24). The molecular formula is C16H20N6O3. The fourth-order valence-electron chi connectivity index (χ4n) is 2.89. The summed E-state index contributed by atoms with van der Waals surface area (Å²) in [5, 5.41) is 14.0. The van der Waals surface area contributed by atoms with Gasteiger partial charge in [-0.05, 0) is 29.3 Å². The number of benzene rings is 1. The fourth-order valence-corrected chi connectivity index (χ4v) is 2.89. The third-order valence-corrected chi connectivity index (χ3v) is 4.32. The summed E-state index contributed by atoms with van der Waals surface area (Å²) in [6.07, 6.45) is 2.79. The van der Waals surface area contributed by atoms with Crippen LogP contribution < -0.4 is 10.1 Å². The number of hydrogen-bond donors (Lipinski definition) is 1. The van der Waals surface area contributed by atoms with Gasteiger partial charge in [-0.1, -0.05) is 0 Å². The zero-order valence-electron chi connectivity index (χ0n) is 14.2. The minimum atomic E-state index is -0.113. The van der Waals surface area contributed by atoms with Crippen LogP contribution in [0.1, 0.15) is 19.8 Å². The molecule has 1 aromatic heterocycles. The van der Waals surface area contributed by atoms with E-state index >= 15 is 0 Å². The van der Waals surface area contributed by atoms with E-state index in [1.165, 1.54) is 11.0 Å². The monoisotopic (exact) mass is 344 g/mol. The number of rotatable bonds is 4. The van der Waals surface area contributed by atoms with Crippen molar-refractivity contribution in [2.75, 3.05) is 25.5 Å². The molecule has 2 heterocycles. The van der Waals surface area contributed by atoms with Gasteiger partial charge >= 0.3 is 0 Å². The lowest BCUT2D eigenvalue weighted by atomic mass is 9.96. The SMILES string of the molecule is COc1cc(NC(=O)C2CCN(C(C)=O)CC2)cc(-n2cnnn2)c1. The highest BCUT2D eigenvalue weighted by Crippen LogP contribution is 2.25. The highest BCUT2D eigenvalue weighted by Gasteiger charge is 2.26. The predicted octanol–water partition coefficient (Wildman–Crippen LogP) is 0.868. The van der Waals surface area contributed by atoms with Crippen LogP contribution >= 0.6 is 0 Å². The molecule has 0 atom stereocenters. The molecular weight excluding hydrogens is 324 g/mol. The zero-order valence-corrected chi connectivity index (χ0v) is 14.2. The number of carbonyl (C=O) groups excluding carboxylic acids is 2. The van der Waals surface area contributed by atoms with E-state index < -0.39 is 0 Å². The number of hydrogen-bond acceptors (Lipinski definition) is 6. The van der Waals surface area contributed by atoms with E-state index in [1.807, 2.05) is 0 Å². The van der Waals surface area contributed by atoms with Crippen LogP contribution in [0.25, 0.3) is 5.69 Å². The molecule has 1 N–H and O–H groups in total. The van der Waals surface area contributed by atoms with Gasteiger partial charge in [0, 0.05) is 43.8 Å². The van der Waals surface area contributed by atoms with Crippen molar-refractivity contribution in [3.63, 3.8) is 0 Å². The Morgan fingerprint density at radius 1 is 1.24 bits per heavy atom. The molecule has 2 aromatic rings. The Kier molecular flexibility index (Phi) is 4.92. The van der Waals surface area contributed by atoms with Crippen LogP contribution in [0.4, 0.5) is 5.69 Å². The summed E-state index contributed by atoms with van der Waals surface area (Å²) in [4.78, 5) is 25.7. The molecule has 3 rings (SSSR count). The normalized spacial score (nSPS) is 15.0. The number of nitrogens with zero attached hydrogens (tertiary/aromatic N) is 5. The number of likely N-dealkylation sites (tertiary alicyclic amines) is 1. The van der Waals surface area contributed by atoms with Crippen molar-refractivity contribution in [1.82, 2.24) is 25.1 Å². The molecule has 25 heavy (non-hydrogen) atoms. The van der Waals surface area contributed by atoms with Crippen LogP contribution in [0.5, 0.6) is 5.75 Å². The van der Waals surface area contributed by atoms with Crippen molar-refractivity contribution >= 4 is 17.5 Å². The number of anilines is 1. The first-order chi connectivity index (χ1) is 12.1. The number of nitrogens with one attached hydrogen (secondary N) is 1. The van der Waals surface area contributed by atoms with Gasteiger partial charge in [0.15, 0.2) is 0 Å². The average molecular weight is 344 g/mol. The van der Waals surface area contributed by atoms with Crippen molar-refractivity contribution in [2.24, 2.45) is 5.92 Å². The average Bonchev–Trinajstić information content (AvgIpc) is 3.16. The van der Waals surface area contributed by atoms with Crippen LogP contribution in [0, 0.1) is 5.92 Å². The zero-order chi connectivity index (χ0) is 17.8. The van der Waals surface area contributed by atoms with Gasteiger partial charge in [-0.15, -0.1) is 5.10 Å². The van der Waals surface area contributed by atoms with Crippen LogP contribution in [-0.2, 0) is 9.59 Å². The Morgan fingerprint density at radius 2 is 2.00 bits per heavy atom. The third-order valence-electron chi connectivity index (χ3n) is 4.32. The lowest BCUT2D eigenvalue weighted by Crippen LogP contribution is -2.40. The van der Waals surface area contributed by atoms with E-state index in [1.54, 1.807) is 37.1 Å². The first-order valence-electron chi connectivity index (χ1n) is 8.05. The summed E-state index contributed by atoms with van der Waals surface area (Å²) in [6, 6.07) is 5.30. The number of ether oxygens (including phenoxy) is 1. The van der Waals surface area contributed by atoms with E-state index in [0.29, 0.717) is 43.1 Å². The summed E-state index contributed by atoms with van der Waals surface area (Å²) in [5.74, 6) is 0.477. The van der Waals surface area contributed by atoms with Gasteiger partial charge in [0.1, 0.15) is 12.1 Å². The largest absolute Gasteiger partial charge is 0.497 e. The lowest BCUT2D eigenvalue weighted by molar-refractivity contribution is -0.132. The van der Waals surface area contributed by atoms with E-state index in [9.17, 15) is 9.59 Å². The molecule has 0 bridgehead atoms. The van der Waals surface area contributed by atoms with Crippen molar-refractivity contribution in [3.8, 4) is 11.4 Å². The number of tetrazole rings is 1. The molecule has 2 amide bonds. The van der Waals surface area contributed by atoms with Crippen molar-refractivity contribution in [2.45, 2.75) is 19.8 Å². The molecule has 1 aliphatic rings. The number of piperidine rings is 1. The molecule has 0 radical (unpaired) electrons. The quantitative estimate of drug-likeness (QED) is 0.883. The molecule has 1 aliphatic heterocycles. The molecule has 0 saturated carbocycles. The summed E-state index contributed by atoms with van der Waals surface area (Å²) in [5.41, 5.74) is 1.30. The second-order valence-corrected chi connectivity index (χ2v) is 5.94. The summed E-state index contributed by atoms with van der Waals surface area (Å²) in [7, 11) is 1.56. The van der Waals surface area contributed by atoms with Crippen LogP contribution in [-0.4, -0.2) is 57.1 Å². The van der Waals surface area contributed by atoms with Crippen LogP contribution in [0.2, 0.25) is 0 Å². The molecule has 1 saturated heterocycles. The van der Waals surface area contributed by atoms with Gasteiger partial charge in [-0.2, -0.15) is 0 Å². The highest BCUT2D eigenvalue weighted by molar-refractivity contribution is 5.93. The van der Waals surface area contributed by atoms with Crippen molar-refractivity contribution in [1.29, 1.82) is 0 Å². The van der Waals surface area contributed by atoms with Crippen molar-refractivity contribution < 1.29 is 14.3 Å². The maximum absolute atomic E-state index is 12.5. The number of methoxy groups -OCH3 is 1. The third kappa shape index (κ3) is 3.93. The second-order valence-electron chi connectivity index (χ2n) is 5.94. The number of carbonyl (C=O) groups is 2. The number of aromatic nitrogens is 4. The van der Waals surface area contributed by atoms with Gasteiger partial charge in [0.05, 0.1) is 12.8 Å².